The monoisotopic (exact) mass is 313 g/mol. The highest BCUT2D eigenvalue weighted by atomic mass is 16.3. The van der Waals surface area contributed by atoms with Crippen molar-refractivity contribution in [3.05, 3.63) is 52.5 Å². The first kappa shape index (κ1) is 15.4. The van der Waals surface area contributed by atoms with E-state index in [1.165, 1.54) is 6.33 Å². The van der Waals surface area contributed by atoms with E-state index >= 15 is 0 Å². The lowest BCUT2D eigenvalue weighted by molar-refractivity contribution is 0.143. The molecular weight excluding hydrogens is 294 g/mol. The largest absolute Gasteiger partial charge is 0.391 e. The van der Waals surface area contributed by atoms with Crippen molar-refractivity contribution in [2.24, 2.45) is 0 Å². The molecule has 23 heavy (non-hydrogen) atoms. The SMILES string of the molecule is CCC(O)Cn1ncnc1CCc1nc2ccccc2[nH]c1=O. The van der Waals surface area contributed by atoms with Gasteiger partial charge in [0.2, 0.25) is 0 Å². The van der Waals surface area contributed by atoms with Crippen molar-refractivity contribution in [1.82, 2.24) is 24.7 Å². The second-order valence-electron chi connectivity index (χ2n) is 5.45. The van der Waals surface area contributed by atoms with E-state index in [2.05, 4.69) is 20.1 Å². The van der Waals surface area contributed by atoms with Gasteiger partial charge in [0.1, 0.15) is 17.8 Å². The molecule has 0 radical (unpaired) electrons. The molecule has 0 spiro atoms. The molecule has 0 saturated heterocycles. The molecule has 7 nitrogen and oxygen atoms in total. The van der Waals surface area contributed by atoms with Crippen LogP contribution in [-0.2, 0) is 19.4 Å². The van der Waals surface area contributed by atoms with Gasteiger partial charge in [-0.15, -0.1) is 0 Å². The standard InChI is InChI=1S/C16H19N5O2/c1-2-11(22)9-21-15(17-10-18-21)8-7-14-16(23)20-13-6-4-3-5-12(13)19-14/h3-6,10-11,22H,2,7-9H2,1H3,(H,20,23). The van der Waals surface area contributed by atoms with E-state index in [0.29, 0.717) is 31.5 Å². The van der Waals surface area contributed by atoms with E-state index in [0.717, 1.165) is 16.9 Å². The van der Waals surface area contributed by atoms with Gasteiger partial charge in [-0.2, -0.15) is 5.10 Å². The molecule has 0 aliphatic heterocycles. The van der Waals surface area contributed by atoms with Crippen LogP contribution in [0.2, 0.25) is 0 Å². The third-order valence-electron chi connectivity index (χ3n) is 3.81. The van der Waals surface area contributed by atoms with Gasteiger partial charge in [0.15, 0.2) is 0 Å². The number of aromatic nitrogens is 5. The fourth-order valence-electron chi connectivity index (χ4n) is 2.43. The summed E-state index contributed by atoms with van der Waals surface area (Å²) in [7, 11) is 0. The average molecular weight is 313 g/mol. The van der Waals surface area contributed by atoms with Gasteiger partial charge in [-0.05, 0) is 18.6 Å². The van der Waals surface area contributed by atoms with Gasteiger partial charge in [-0.1, -0.05) is 19.1 Å². The lowest BCUT2D eigenvalue weighted by Gasteiger charge is -2.10. The maximum absolute atomic E-state index is 12.1. The molecule has 0 saturated carbocycles. The number of H-pyrrole nitrogens is 1. The first-order chi connectivity index (χ1) is 11.2. The summed E-state index contributed by atoms with van der Waals surface area (Å²) in [6.07, 6.45) is 2.70. The number of aliphatic hydroxyl groups is 1. The molecule has 1 atom stereocenters. The maximum atomic E-state index is 12.1. The molecule has 0 fully saturated rings. The summed E-state index contributed by atoms with van der Waals surface area (Å²) < 4.78 is 1.68. The number of nitrogens with one attached hydrogen (secondary N) is 1. The Kier molecular flexibility index (Phi) is 4.47. The highest BCUT2D eigenvalue weighted by Gasteiger charge is 2.11. The first-order valence-electron chi connectivity index (χ1n) is 7.70. The van der Waals surface area contributed by atoms with Crippen LogP contribution in [0.4, 0.5) is 0 Å². The van der Waals surface area contributed by atoms with Crippen molar-refractivity contribution in [3.8, 4) is 0 Å². The molecule has 1 unspecified atom stereocenters. The molecule has 2 N–H and O–H groups in total. The summed E-state index contributed by atoms with van der Waals surface area (Å²) in [6.45, 7) is 2.33. The van der Waals surface area contributed by atoms with Crippen LogP contribution in [0, 0.1) is 0 Å². The molecule has 3 rings (SSSR count). The topological polar surface area (TPSA) is 96.7 Å². The number of benzene rings is 1. The number of aromatic amines is 1. The first-order valence-corrected chi connectivity index (χ1v) is 7.70. The summed E-state index contributed by atoms with van der Waals surface area (Å²) in [5, 5.41) is 13.9. The number of hydrogen-bond donors (Lipinski definition) is 2. The normalized spacial score (nSPS) is 12.6. The number of aryl methyl sites for hydroxylation is 2. The predicted molar refractivity (Wildman–Crippen MR) is 86.1 cm³/mol. The number of aliphatic hydroxyl groups excluding tert-OH is 1. The quantitative estimate of drug-likeness (QED) is 0.709. The van der Waals surface area contributed by atoms with E-state index in [1.807, 2.05) is 31.2 Å². The maximum Gasteiger partial charge on any atom is 0.270 e. The molecule has 7 heteroatoms. The van der Waals surface area contributed by atoms with Crippen LogP contribution in [0.15, 0.2) is 35.4 Å². The molecule has 0 amide bonds. The second-order valence-corrected chi connectivity index (χ2v) is 5.45. The Hall–Kier alpha value is -2.54. The van der Waals surface area contributed by atoms with E-state index in [4.69, 9.17) is 0 Å². The molecule has 120 valence electrons. The van der Waals surface area contributed by atoms with Crippen LogP contribution < -0.4 is 5.56 Å². The summed E-state index contributed by atoms with van der Waals surface area (Å²) in [5.41, 5.74) is 1.80. The van der Waals surface area contributed by atoms with Crippen molar-refractivity contribution < 1.29 is 5.11 Å². The van der Waals surface area contributed by atoms with E-state index in [1.54, 1.807) is 4.68 Å². The zero-order chi connectivity index (χ0) is 16.2. The van der Waals surface area contributed by atoms with Crippen molar-refractivity contribution in [1.29, 1.82) is 0 Å². The number of fused-ring (bicyclic) bond motifs is 1. The second kappa shape index (κ2) is 6.70. The Labute approximate surface area is 133 Å². The van der Waals surface area contributed by atoms with Crippen molar-refractivity contribution >= 4 is 11.0 Å². The summed E-state index contributed by atoms with van der Waals surface area (Å²) >= 11 is 0. The van der Waals surface area contributed by atoms with E-state index < -0.39 is 6.10 Å². The minimum atomic E-state index is -0.447. The highest BCUT2D eigenvalue weighted by molar-refractivity contribution is 5.73. The third kappa shape index (κ3) is 3.45. The van der Waals surface area contributed by atoms with Crippen LogP contribution >= 0.6 is 0 Å². The van der Waals surface area contributed by atoms with Crippen LogP contribution in [0.25, 0.3) is 11.0 Å². The molecular formula is C16H19N5O2. The molecule has 2 aromatic heterocycles. The fraction of sp³-hybridized carbons (Fsp3) is 0.375. The fourth-order valence-corrected chi connectivity index (χ4v) is 2.43. The van der Waals surface area contributed by atoms with Gasteiger partial charge >= 0.3 is 0 Å². The minimum absolute atomic E-state index is 0.177. The molecule has 2 heterocycles. The van der Waals surface area contributed by atoms with Gasteiger partial charge in [0.25, 0.3) is 5.56 Å². The Morgan fingerprint density at radius 3 is 2.96 bits per heavy atom. The average Bonchev–Trinajstić information content (AvgIpc) is 2.99. The minimum Gasteiger partial charge on any atom is -0.391 e. The van der Waals surface area contributed by atoms with Crippen molar-refractivity contribution in [3.63, 3.8) is 0 Å². The van der Waals surface area contributed by atoms with E-state index in [-0.39, 0.29) is 5.56 Å². The molecule has 1 aromatic carbocycles. The lowest BCUT2D eigenvalue weighted by Crippen LogP contribution is -2.20. The Bertz CT molecular complexity index is 855. The van der Waals surface area contributed by atoms with Gasteiger partial charge in [-0.3, -0.25) is 4.79 Å². The van der Waals surface area contributed by atoms with Crippen LogP contribution in [0.5, 0.6) is 0 Å². The van der Waals surface area contributed by atoms with Crippen LogP contribution in [-0.4, -0.2) is 35.9 Å². The Morgan fingerprint density at radius 1 is 1.30 bits per heavy atom. The van der Waals surface area contributed by atoms with Crippen LogP contribution in [0.3, 0.4) is 0 Å². The zero-order valence-corrected chi connectivity index (χ0v) is 12.9. The van der Waals surface area contributed by atoms with Crippen molar-refractivity contribution in [2.75, 3.05) is 0 Å². The number of rotatable bonds is 6. The van der Waals surface area contributed by atoms with Crippen molar-refractivity contribution in [2.45, 2.75) is 38.8 Å². The Morgan fingerprint density at radius 2 is 2.13 bits per heavy atom. The smallest absolute Gasteiger partial charge is 0.270 e. The summed E-state index contributed by atoms with van der Waals surface area (Å²) in [4.78, 5) is 23.6. The van der Waals surface area contributed by atoms with Gasteiger partial charge < -0.3 is 10.1 Å². The Balaban J connectivity index is 1.77. The van der Waals surface area contributed by atoms with Gasteiger partial charge in [0.05, 0.1) is 23.7 Å². The summed E-state index contributed by atoms with van der Waals surface area (Å²) in [6, 6.07) is 7.45. The summed E-state index contributed by atoms with van der Waals surface area (Å²) in [5.74, 6) is 0.742. The van der Waals surface area contributed by atoms with E-state index in [9.17, 15) is 9.90 Å². The van der Waals surface area contributed by atoms with Crippen LogP contribution in [0.1, 0.15) is 24.9 Å². The number of para-hydroxylation sites is 2. The predicted octanol–water partition coefficient (Wildman–Crippen LogP) is 1.07. The third-order valence-corrected chi connectivity index (χ3v) is 3.81. The molecule has 0 aliphatic carbocycles. The number of nitrogens with zero attached hydrogens (tertiary/aromatic N) is 4. The number of hydrogen-bond acceptors (Lipinski definition) is 5. The molecule has 3 aromatic rings. The van der Waals surface area contributed by atoms with Gasteiger partial charge in [-0.25, -0.2) is 14.6 Å². The zero-order valence-electron chi connectivity index (χ0n) is 12.9. The molecule has 0 bridgehead atoms. The lowest BCUT2D eigenvalue weighted by atomic mass is 10.2. The van der Waals surface area contributed by atoms with Gasteiger partial charge in [0, 0.05) is 12.8 Å². The molecule has 0 aliphatic rings. The highest BCUT2D eigenvalue weighted by Crippen LogP contribution is 2.08.